The summed E-state index contributed by atoms with van der Waals surface area (Å²) in [7, 11) is 0. The molecule has 1 saturated heterocycles. The summed E-state index contributed by atoms with van der Waals surface area (Å²) in [4.78, 5) is 24.2. The molecule has 2 aromatic carbocycles. The molecule has 1 fully saturated rings. The molecule has 0 bridgehead atoms. The number of nitrogens with one attached hydrogen (secondary N) is 1. The Morgan fingerprint density at radius 2 is 1.93 bits per heavy atom. The minimum Gasteiger partial charge on any atom is -0.491 e. The largest absolute Gasteiger partial charge is 0.491 e. The molecule has 0 spiro atoms. The highest BCUT2D eigenvalue weighted by Gasteiger charge is 2.16. The van der Waals surface area contributed by atoms with Crippen LogP contribution in [-0.4, -0.2) is 37.8 Å². The fourth-order valence-electron chi connectivity index (χ4n) is 3.00. The fourth-order valence-corrected chi connectivity index (χ4v) is 3.00. The van der Waals surface area contributed by atoms with Crippen LogP contribution in [0.2, 0.25) is 0 Å². The van der Waals surface area contributed by atoms with Crippen molar-refractivity contribution in [3.63, 3.8) is 0 Å². The zero-order chi connectivity index (χ0) is 19.8. The van der Waals surface area contributed by atoms with Crippen LogP contribution in [-0.2, 0) is 20.7 Å². The quantitative estimate of drug-likeness (QED) is 0.705. The van der Waals surface area contributed by atoms with E-state index in [2.05, 4.69) is 5.32 Å². The minimum atomic E-state index is -0.551. The van der Waals surface area contributed by atoms with Crippen molar-refractivity contribution in [1.29, 1.82) is 0 Å². The second-order valence-corrected chi connectivity index (χ2v) is 6.61. The Kier molecular flexibility index (Phi) is 7.03. The van der Waals surface area contributed by atoms with Crippen LogP contribution in [0.4, 0.5) is 5.69 Å². The Bertz CT molecular complexity index is 797. The van der Waals surface area contributed by atoms with Crippen LogP contribution in [0.1, 0.15) is 35.7 Å². The van der Waals surface area contributed by atoms with Crippen molar-refractivity contribution in [1.82, 2.24) is 0 Å². The van der Waals surface area contributed by atoms with Crippen molar-refractivity contribution in [2.75, 3.05) is 25.1 Å². The highest BCUT2D eigenvalue weighted by Crippen LogP contribution is 2.17. The fraction of sp³-hybridized carbons (Fsp3) is 0.364. The van der Waals surface area contributed by atoms with Gasteiger partial charge in [0, 0.05) is 12.3 Å². The van der Waals surface area contributed by atoms with E-state index in [0.29, 0.717) is 17.9 Å². The first kappa shape index (κ1) is 19.9. The van der Waals surface area contributed by atoms with Crippen LogP contribution >= 0.6 is 0 Å². The molecular weight excluding hydrogens is 358 g/mol. The Hall–Kier alpha value is -2.86. The number of para-hydroxylation sites is 1. The van der Waals surface area contributed by atoms with Gasteiger partial charge in [-0.05, 0) is 55.2 Å². The molecule has 0 radical (unpaired) electrons. The lowest BCUT2D eigenvalue weighted by Gasteiger charge is -2.12. The van der Waals surface area contributed by atoms with E-state index in [1.54, 1.807) is 24.3 Å². The number of ether oxygens (including phenoxy) is 3. The summed E-state index contributed by atoms with van der Waals surface area (Å²) < 4.78 is 16.3. The molecule has 28 heavy (non-hydrogen) atoms. The number of hydrogen-bond acceptors (Lipinski definition) is 5. The average molecular weight is 383 g/mol. The van der Waals surface area contributed by atoms with E-state index in [1.807, 2.05) is 31.2 Å². The number of rotatable bonds is 8. The molecule has 0 unspecified atom stereocenters. The number of aryl methyl sites for hydroxylation is 1. The summed E-state index contributed by atoms with van der Waals surface area (Å²) in [6, 6.07) is 14.2. The van der Waals surface area contributed by atoms with Gasteiger partial charge in [0.2, 0.25) is 0 Å². The summed E-state index contributed by atoms with van der Waals surface area (Å²) in [5.74, 6) is -0.253. The van der Waals surface area contributed by atoms with Crippen LogP contribution < -0.4 is 10.1 Å². The normalized spacial score (nSPS) is 15.8. The standard InChI is InChI=1S/C22H25NO5/c1-2-16-6-3-4-8-20(16)23-21(24)15-28-22(25)17-9-11-18(12-10-17)27-14-19-7-5-13-26-19/h3-4,6,8-12,19H,2,5,7,13-15H2,1H3,(H,23,24)/t19-/m1/s1. The first-order valence-corrected chi connectivity index (χ1v) is 9.55. The Balaban J connectivity index is 1.45. The number of esters is 1. The lowest BCUT2D eigenvalue weighted by molar-refractivity contribution is -0.119. The third-order valence-electron chi connectivity index (χ3n) is 4.56. The lowest BCUT2D eigenvalue weighted by atomic mass is 10.1. The maximum Gasteiger partial charge on any atom is 0.338 e. The van der Waals surface area contributed by atoms with Crippen LogP contribution in [0, 0.1) is 0 Å². The first-order valence-electron chi connectivity index (χ1n) is 9.55. The summed E-state index contributed by atoms with van der Waals surface area (Å²) in [5, 5.41) is 2.77. The SMILES string of the molecule is CCc1ccccc1NC(=O)COC(=O)c1ccc(OC[C@H]2CCCO2)cc1. The molecule has 1 heterocycles. The lowest BCUT2D eigenvalue weighted by Crippen LogP contribution is -2.21. The third kappa shape index (κ3) is 5.57. The van der Waals surface area contributed by atoms with Gasteiger partial charge in [-0.15, -0.1) is 0 Å². The zero-order valence-electron chi connectivity index (χ0n) is 16.0. The molecule has 0 aromatic heterocycles. The number of carbonyl (C=O) groups is 2. The smallest absolute Gasteiger partial charge is 0.338 e. The van der Waals surface area contributed by atoms with Crippen molar-refractivity contribution in [2.45, 2.75) is 32.3 Å². The molecule has 2 aromatic rings. The summed E-state index contributed by atoms with van der Waals surface area (Å²) in [5.41, 5.74) is 2.13. The minimum absolute atomic E-state index is 0.140. The third-order valence-corrected chi connectivity index (χ3v) is 4.56. The Labute approximate surface area is 164 Å². The molecule has 6 heteroatoms. The highest BCUT2D eigenvalue weighted by atomic mass is 16.5. The molecule has 1 aliphatic heterocycles. The number of amides is 1. The molecule has 1 N–H and O–H groups in total. The van der Waals surface area contributed by atoms with E-state index in [0.717, 1.165) is 37.1 Å². The van der Waals surface area contributed by atoms with Crippen molar-refractivity contribution in [3.8, 4) is 5.75 Å². The molecular formula is C22H25NO5. The van der Waals surface area contributed by atoms with Gasteiger partial charge in [-0.3, -0.25) is 4.79 Å². The Morgan fingerprint density at radius 3 is 2.64 bits per heavy atom. The van der Waals surface area contributed by atoms with E-state index < -0.39 is 5.97 Å². The van der Waals surface area contributed by atoms with Crippen LogP contribution in [0.25, 0.3) is 0 Å². The van der Waals surface area contributed by atoms with Gasteiger partial charge in [-0.25, -0.2) is 4.79 Å². The van der Waals surface area contributed by atoms with E-state index in [9.17, 15) is 9.59 Å². The molecule has 1 amide bonds. The summed E-state index contributed by atoms with van der Waals surface area (Å²) in [6.45, 7) is 2.97. The second kappa shape index (κ2) is 9.90. The Morgan fingerprint density at radius 1 is 1.14 bits per heavy atom. The first-order chi connectivity index (χ1) is 13.7. The van der Waals surface area contributed by atoms with Crippen molar-refractivity contribution in [2.24, 2.45) is 0 Å². The van der Waals surface area contributed by atoms with Crippen LogP contribution in [0.5, 0.6) is 5.75 Å². The monoisotopic (exact) mass is 383 g/mol. The van der Waals surface area contributed by atoms with Gasteiger partial charge in [0.1, 0.15) is 12.4 Å². The molecule has 0 saturated carbocycles. The van der Waals surface area contributed by atoms with Crippen LogP contribution in [0.15, 0.2) is 48.5 Å². The van der Waals surface area contributed by atoms with Gasteiger partial charge in [0.15, 0.2) is 6.61 Å². The predicted molar refractivity (Wildman–Crippen MR) is 106 cm³/mol. The van der Waals surface area contributed by atoms with E-state index in [4.69, 9.17) is 14.2 Å². The number of anilines is 1. The van der Waals surface area contributed by atoms with Gasteiger partial charge < -0.3 is 19.5 Å². The molecule has 3 rings (SSSR count). The van der Waals surface area contributed by atoms with Crippen molar-refractivity contribution >= 4 is 17.6 Å². The maximum absolute atomic E-state index is 12.1. The van der Waals surface area contributed by atoms with Crippen molar-refractivity contribution < 1.29 is 23.8 Å². The van der Waals surface area contributed by atoms with Gasteiger partial charge in [0.25, 0.3) is 5.91 Å². The predicted octanol–water partition coefficient (Wildman–Crippen LogP) is 3.60. The van der Waals surface area contributed by atoms with Gasteiger partial charge in [-0.2, -0.15) is 0 Å². The topological polar surface area (TPSA) is 73.9 Å². The van der Waals surface area contributed by atoms with Gasteiger partial charge >= 0.3 is 5.97 Å². The molecule has 6 nitrogen and oxygen atoms in total. The van der Waals surface area contributed by atoms with Gasteiger partial charge in [0.05, 0.1) is 11.7 Å². The number of benzene rings is 2. The van der Waals surface area contributed by atoms with E-state index >= 15 is 0 Å². The zero-order valence-corrected chi connectivity index (χ0v) is 16.0. The number of carbonyl (C=O) groups excluding carboxylic acids is 2. The van der Waals surface area contributed by atoms with Crippen molar-refractivity contribution in [3.05, 3.63) is 59.7 Å². The summed E-state index contributed by atoms with van der Waals surface area (Å²) in [6.07, 6.45) is 3.02. The number of hydrogen-bond donors (Lipinski definition) is 1. The maximum atomic E-state index is 12.1. The average Bonchev–Trinajstić information content (AvgIpc) is 3.25. The molecule has 148 valence electrons. The van der Waals surface area contributed by atoms with Gasteiger partial charge in [-0.1, -0.05) is 25.1 Å². The highest BCUT2D eigenvalue weighted by molar-refractivity contribution is 5.95. The molecule has 1 atom stereocenters. The van der Waals surface area contributed by atoms with Crippen LogP contribution in [0.3, 0.4) is 0 Å². The summed E-state index contributed by atoms with van der Waals surface area (Å²) >= 11 is 0. The molecule has 0 aliphatic carbocycles. The second-order valence-electron chi connectivity index (χ2n) is 6.61. The van der Waals surface area contributed by atoms with E-state index in [-0.39, 0.29) is 18.6 Å². The van der Waals surface area contributed by atoms with E-state index in [1.165, 1.54) is 0 Å². The molecule has 1 aliphatic rings.